The zero-order chi connectivity index (χ0) is 13.8. The van der Waals surface area contributed by atoms with Crippen LogP contribution in [0.15, 0.2) is 24.3 Å². The van der Waals surface area contributed by atoms with Crippen molar-refractivity contribution in [2.75, 3.05) is 24.5 Å². The van der Waals surface area contributed by atoms with E-state index in [0.29, 0.717) is 19.1 Å². The molecular formula is C15H23N3O. The predicted molar refractivity (Wildman–Crippen MR) is 78.5 cm³/mol. The molecule has 1 heterocycles. The average molecular weight is 261 g/mol. The highest BCUT2D eigenvalue weighted by Gasteiger charge is 2.27. The van der Waals surface area contributed by atoms with Crippen molar-refractivity contribution in [2.45, 2.75) is 32.9 Å². The zero-order valence-electron chi connectivity index (χ0n) is 11.9. The second kappa shape index (κ2) is 6.17. The number of nitrogens with one attached hydrogen (secondary N) is 2. The quantitative estimate of drug-likeness (QED) is 0.862. The van der Waals surface area contributed by atoms with Gasteiger partial charge in [-0.1, -0.05) is 18.2 Å². The van der Waals surface area contributed by atoms with E-state index < -0.39 is 0 Å². The molecule has 2 atom stereocenters. The summed E-state index contributed by atoms with van der Waals surface area (Å²) >= 11 is 0. The van der Waals surface area contributed by atoms with Gasteiger partial charge in [0.05, 0.1) is 6.04 Å². The minimum atomic E-state index is -0.129. The van der Waals surface area contributed by atoms with Crippen molar-refractivity contribution >= 4 is 11.6 Å². The van der Waals surface area contributed by atoms with Crippen molar-refractivity contribution in [1.82, 2.24) is 10.6 Å². The summed E-state index contributed by atoms with van der Waals surface area (Å²) in [6.45, 7) is 8.40. The molecule has 1 fully saturated rings. The molecule has 0 radical (unpaired) electrons. The van der Waals surface area contributed by atoms with Crippen LogP contribution in [0.5, 0.6) is 0 Å². The lowest BCUT2D eigenvalue weighted by atomic mass is 10.1. The van der Waals surface area contributed by atoms with Crippen LogP contribution in [0, 0.1) is 6.92 Å². The maximum absolute atomic E-state index is 12.6. The summed E-state index contributed by atoms with van der Waals surface area (Å²) in [6, 6.07) is 8.33. The molecule has 4 heteroatoms. The van der Waals surface area contributed by atoms with Gasteiger partial charge in [-0.25, -0.2) is 0 Å². The first kappa shape index (κ1) is 14.0. The lowest BCUT2D eigenvalue weighted by Gasteiger charge is -2.32. The second-order valence-corrected chi connectivity index (χ2v) is 5.14. The molecule has 2 rings (SSSR count). The number of hydrogen-bond acceptors (Lipinski definition) is 3. The Morgan fingerprint density at radius 2 is 2.05 bits per heavy atom. The van der Waals surface area contributed by atoms with Crippen molar-refractivity contribution in [3.8, 4) is 0 Å². The molecular weight excluding hydrogens is 238 g/mol. The zero-order valence-corrected chi connectivity index (χ0v) is 11.9. The predicted octanol–water partition coefficient (Wildman–Crippen LogP) is 1.30. The van der Waals surface area contributed by atoms with E-state index in [1.807, 2.05) is 43.0 Å². The third-order valence-corrected chi connectivity index (χ3v) is 3.63. The molecule has 104 valence electrons. The van der Waals surface area contributed by atoms with Gasteiger partial charge in [0.2, 0.25) is 5.91 Å². The van der Waals surface area contributed by atoms with Gasteiger partial charge in [-0.05, 0) is 32.4 Å². The normalized spacial score (nSPS) is 23.1. The summed E-state index contributed by atoms with van der Waals surface area (Å²) in [5, 5.41) is 6.67. The monoisotopic (exact) mass is 261 g/mol. The van der Waals surface area contributed by atoms with Gasteiger partial charge in [-0.3, -0.25) is 4.79 Å². The first-order valence-electron chi connectivity index (χ1n) is 6.97. The number of carbonyl (C=O) groups is 1. The molecule has 19 heavy (non-hydrogen) atoms. The van der Waals surface area contributed by atoms with Gasteiger partial charge in [0.15, 0.2) is 0 Å². The van der Waals surface area contributed by atoms with Crippen LogP contribution in [0.25, 0.3) is 0 Å². The Morgan fingerprint density at radius 3 is 2.63 bits per heavy atom. The van der Waals surface area contributed by atoms with Gasteiger partial charge >= 0.3 is 0 Å². The maximum Gasteiger partial charge on any atom is 0.245 e. The summed E-state index contributed by atoms with van der Waals surface area (Å²) in [4.78, 5) is 14.5. The summed E-state index contributed by atoms with van der Waals surface area (Å²) < 4.78 is 0. The van der Waals surface area contributed by atoms with Crippen molar-refractivity contribution < 1.29 is 4.79 Å². The standard InChI is InChI=1S/C15H23N3O/c1-4-18(14-8-6-5-7-11(14)2)15(19)13-10-16-12(3)9-17-13/h5-8,12-13,16-17H,4,9-10H2,1-3H3. The molecule has 2 unspecified atom stereocenters. The lowest BCUT2D eigenvalue weighted by molar-refractivity contribution is -0.120. The fourth-order valence-corrected chi connectivity index (χ4v) is 2.46. The van der Waals surface area contributed by atoms with E-state index in [9.17, 15) is 4.79 Å². The summed E-state index contributed by atoms with van der Waals surface area (Å²) in [5.74, 6) is 0.149. The van der Waals surface area contributed by atoms with Gasteiger partial charge in [0, 0.05) is 31.4 Å². The van der Waals surface area contributed by atoms with Crippen molar-refractivity contribution in [2.24, 2.45) is 0 Å². The van der Waals surface area contributed by atoms with Crippen molar-refractivity contribution in [3.05, 3.63) is 29.8 Å². The minimum Gasteiger partial charge on any atom is -0.311 e. The van der Waals surface area contributed by atoms with E-state index in [0.717, 1.165) is 17.8 Å². The molecule has 0 aliphatic carbocycles. The first-order chi connectivity index (χ1) is 9.13. The van der Waals surface area contributed by atoms with E-state index in [-0.39, 0.29) is 11.9 Å². The van der Waals surface area contributed by atoms with Crippen LogP contribution in [0.2, 0.25) is 0 Å². The van der Waals surface area contributed by atoms with Gasteiger partial charge in [0.25, 0.3) is 0 Å². The van der Waals surface area contributed by atoms with Crippen LogP contribution in [0.3, 0.4) is 0 Å². The molecule has 1 amide bonds. The number of piperazine rings is 1. The van der Waals surface area contributed by atoms with Gasteiger partial charge in [0.1, 0.15) is 0 Å². The second-order valence-electron chi connectivity index (χ2n) is 5.14. The molecule has 0 spiro atoms. The number of carbonyl (C=O) groups excluding carboxylic acids is 1. The molecule has 0 bridgehead atoms. The molecule has 1 saturated heterocycles. The van der Waals surface area contributed by atoms with Gasteiger partial charge in [-0.15, -0.1) is 0 Å². The summed E-state index contributed by atoms with van der Waals surface area (Å²) in [7, 11) is 0. The molecule has 4 nitrogen and oxygen atoms in total. The highest BCUT2D eigenvalue weighted by atomic mass is 16.2. The summed E-state index contributed by atoms with van der Waals surface area (Å²) in [5.41, 5.74) is 2.14. The topological polar surface area (TPSA) is 44.4 Å². The molecule has 1 aromatic carbocycles. The Hall–Kier alpha value is -1.39. The maximum atomic E-state index is 12.6. The Kier molecular flexibility index (Phi) is 4.56. The molecule has 1 aliphatic rings. The molecule has 1 aromatic rings. The number of anilines is 1. The molecule has 2 N–H and O–H groups in total. The van der Waals surface area contributed by atoms with Crippen LogP contribution in [0.4, 0.5) is 5.69 Å². The number of amides is 1. The van der Waals surface area contributed by atoms with Crippen molar-refractivity contribution in [1.29, 1.82) is 0 Å². The number of rotatable bonds is 3. The Bertz CT molecular complexity index is 439. The van der Waals surface area contributed by atoms with E-state index in [1.54, 1.807) is 0 Å². The SMILES string of the molecule is CCN(C(=O)C1CNC(C)CN1)c1ccccc1C. The highest BCUT2D eigenvalue weighted by molar-refractivity contribution is 5.98. The van der Waals surface area contributed by atoms with Crippen molar-refractivity contribution in [3.63, 3.8) is 0 Å². The Labute approximate surface area is 115 Å². The Morgan fingerprint density at radius 1 is 1.32 bits per heavy atom. The number of aryl methyl sites for hydroxylation is 1. The fraction of sp³-hybridized carbons (Fsp3) is 0.533. The number of nitrogens with zero attached hydrogens (tertiary/aromatic N) is 1. The van der Waals surface area contributed by atoms with E-state index in [4.69, 9.17) is 0 Å². The number of para-hydroxylation sites is 1. The van der Waals surface area contributed by atoms with Crippen LogP contribution in [-0.4, -0.2) is 37.6 Å². The Balaban J connectivity index is 2.14. The minimum absolute atomic E-state index is 0.129. The largest absolute Gasteiger partial charge is 0.311 e. The van der Waals surface area contributed by atoms with Gasteiger partial charge in [-0.2, -0.15) is 0 Å². The van der Waals surface area contributed by atoms with Crippen LogP contribution in [0.1, 0.15) is 19.4 Å². The lowest BCUT2D eigenvalue weighted by Crippen LogP contribution is -2.59. The van der Waals surface area contributed by atoms with Gasteiger partial charge < -0.3 is 15.5 Å². The third kappa shape index (κ3) is 3.14. The number of likely N-dealkylation sites (N-methyl/N-ethyl adjacent to an activating group) is 1. The smallest absolute Gasteiger partial charge is 0.245 e. The van der Waals surface area contributed by atoms with Crippen LogP contribution >= 0.6 is 0 Å². The average Bonchev–Trinajstić information content (AvgIpc) is 2.42. The number of benzene rings is 1. The number of hydrogen-bond donors (Lipinski definition) is 2. The van der Waals surface area contributed by atoms with E-state index in [1.165, 1.54) is 0 Å². The van der Waals surface area contributed by atoms with Crippen LogP contribution < -0.4 is 15.5 Å². The van der Waals surface area contributed by atoms with Crippen LogP contribution in [-0.2, 0) is 4.79 Å². The molecule has 0 saturated carbocycles. The highest BCUT2D eigenvalue weighted by Crippen LogP contribution is 2.20. The summed E-state index contributed by atoms with van der Waals surface area (Å²) in [6.07, 6.45) is 0. The first-order valence-corrected chi connectivity index (χ1v) is 6.97. The molecule has 0 aromatic heterocycles. The van der Waals surface area contributed by atoms with E-state index >= 15 is 0 Å². The molecule has 1 aliphatic heterocycles. The van der Waals surface area contributed by atoms with E-state index in [2.05, 4.69) is 17.6 Å². The third-order valence-electron chi connectivity index (χ3n) is 3.63. The fourth-order valence-electron chi connectivity index (χ4n) is 2.46.